The molecule has 0 saturated heterocycles. The summed E-state index contributed by atoms with van der Waals surface area (Å²) in [5.74, 6) is 0. The van der Waals surface area contributed by atoms with Crippen LogP contribution in [0.5, 0.6) is 0 Å². The molecule has 0 bridgehead atoms. The maximum absolute atomic E-state index is 11.7. The topological polar surface area (TPSA) is 77.2 Å². The first-order chi connectivity index (χ1) is 10.6. The van der Waals surface area contributed by atoms with Gasteiger partial charge in [0, 0.05) is 30.2 Å². The van der Waals surface area contributed by atoms with Gasteiger partial charge in [-0.05, 0) is 30.9 Å². The number of aromatic nitrogens is 1. The third-order valence-corrected chi connectivity index (χ3v) is 3.81. The number of hydrogen-bond donors (Lipinski definition) is 4. The van der Waals surface area contributed by atoms with Crippen LogP contribution in [-0.4, -0.2) is 35.3 Å². The minimum absolute atomic E-state index is 0.230. The molecule has 22 heavy (non-hydrogen) atoms. The van der Waals surface area contributed by atoms with Crippen molar-refractivity contribution < 1.29 is 9.90 Å². The van der Waals surface area contributed by atoms with Crippen molar-refractivity contribution in [3.63, 3.8) is 0 Å². The van der Waals surface area contributed by atoms with Gasteiger partial charge in [0.05, 0.1) is 6.10 Å². The largest absolute Gasteiger partial charge is 0.391 e. The number of rotatable bonds is 7. The number of amides is 2. The summed E-state index contributed by atoms with van der Waals surface area (Å²) in [6.45, 7) is 4.95. The maximum atomic E-state index is 11.7. The first-order valence-electron chi connectivity index (χ1n) is 7.87. The normalized spacial score (nSPS) is 12.3. The molecule has 1 heterocycles. The predicted molar refractivity (Wildman–Crippen MR) is 89.1 cm³/mol. The first-order valence-corrected chi connectivity index (χ1v) is 7.87. The second-order valence-electron chi connectivity index (χ2n) is 5.64. The molecule has 5 nitrogen and oxygen atoms in total. The molecule has 0 aliphatic heterocycles. The molecule has 2 amide bonds. The minimum atomic E-state index is -0.465. The van der Waals surface area contributed by atoms with E-state index in [1.54, 1.807) is 0 Å². The third-order valence-electron chi connectivity index (χ3n) is 3.81. The second kappa shape index (κ2) is 7.84. The lowest BCUT2D eigenvalue weighted by atomic mass is 10.1. The van der Waals surface area contributed by atoms with Crippen molar-refractivity contribution >= 4 is 16.9 Å². The highest BCUT2D eigenvalue weighted by Gasteiger charge is 2.07. The molecule has 1 unspecified atom stereocenters. The van der Waals surface area contributed by atoms with Crippen molar-refractivity contribution in [3.05, 3.63) is 35.5 Å². The molecule has 2 rings (SSSR count). The molecule has 0 saturated carbocycles. The van der Waals surface area contributed by atoms with Crippen LogP contribution < -0.4 is 10.6 Å². The number of hydrogen-bond acceptors (Lipinski definition) is 2. The number of fused-ring (bicyclic) bond motifs is 1. The van der Waals surface area contributed by atoms with Gasteiger partial charge in [0.1, 0.15) is 0 Å². The Balaban J connectivity index is 1.78. The van der Waals surface area contributed by atoms with Crippen LogP contribution in [-0.2, 0) is 6.42 Å². The highest BCUT2D eigenvalue weighted by atomic mass is 16.3. The number of aryl methyl sites for hydroxylation is 1. The summed E-state index contributed by atoms with van der Waals surface area (Å²) in [6, 6.07) is 5.99. The van der Waals surface area contributed by atoms with Crippen LogP contribution in [0.15, 0.2) is 24.4 Å². The van der Waals surface area contributed by atoms with Crippen LogP contribution in [0, 0.1) is 6.92 Å². The van der Waals surface area contributed by atoms with E-state index in [0.717, 1.165) is 18.4 Å². The molecule has 5 heteroatoms. The lowest BCUT2D eigenvalue weighted by molar-refractivity contribution is 0.160. The number of urea groups is 1. The predicted octanol–water partition coefficient (Wildman–Crippen LogP) is 2.48. The molecular weight excluding hydrogens is 278 g/mol. The number of carbonyl (C=O) groups excluding carboxylic acids is 1. The van der Waals surface area contributed by atoms with Crippen molar-refractivity contribution in [2.75, 3.05) is 13.1 Å². The van der Waals surface area contributed by atoms with Gasteiger partial charge >= 0.3 is 6.03 Å². The third kappa shape index (κ3) is 4.24. The van der Waals surface area contributed by atoms with Crippen LogP contribution in [0.25, 0.3) is 10.9 Å². The van der Waals surface area contributed by atoms with Gasteiger partial charge in [0.2, 0.25) is 0 Å². The summed E-state index contributed by atoms with van der Waals surface area (Å²) >= 11 is 0. The summed E-state index contributed by atoms with van der Waals surface area (Å²) in [5, 5.41) is 16.3. The molecule has 0 spiro atoms. The average Bonchev–Trinajstić information content (AvgIpc) is 2.90. The van der Waals surface area contributed by atoms with Gasteiger partial charge in [-0.2, -0.15) is 0 Å². The molecule has 0 aliphatic rings. The lowest BCUT2D eigenvalue weighted by Gasteiger charge is -2.11. The molecule has 1 aromatic carbocycles. The van der Waals surface area contributed by atoms with Crippen molar-refractivity contribution in [2.45, 2.75) is 39.2 Å². The average molecular weight is 303 g/mol. The molecule has 0 radical (unpaired) electrons. The van der Waals surface area contributed by atoms with Gasteiger partial charge in [-0.15, -0.1) is 0 Å². The quantitative estimate of drug-likeness (QED) is 0.634. The van der Waals surface area contributed by atoms with E-state index >= 15 is 0 Å². The maximum Gasteiger partial charge on any atom is 0.314 e. The van der Waals surface area contributed by atoms with Crippen LogP contribution in [0.4, 0.5) is 4.79 Å². The van der Waals surface area contributed by atoms with Crippen molar-refractivity contribution in [1.29, 1.82) is 0 Å². The highest BCUT2D eigenvalue weighted by molar-refractivity contribution is 5.85. The number of benzene rings is 1. The molecule has 120 valence electrons. The first kappa shape index (κ1) is 16.4. The number of nitrogens with one attached hydrogen (secondary N) is 3. The Labute approximate surface area is 131 Å². The summed E-state index contributed by atoms with van der Waals surface area (Å²) in [5.41, 5.74) is 3.58. The van der Waals surface area contributed by atoms with Crippen LogP contribution >= 0.6 is 0 Å². The molecule has 0 aliphatic carbocycles. The summed E-state index contributed by atoms with van der Waals surface area (Å²) in [7, 11) is 0. The number of carbonyl (C=O) groups is 1. The smallest absolute Gasteiger partial charge is 0.314 e. The zero-order chi connectivity index (χ0) is 15.9. The van der Waals surface area contributed by atoms with Crippen molar-refractivity contribution in [3.8, 4) is 0 Å². The second-order valence-corrected chi connectivity index (χ2v) is 5.64. The zero-order valence-electron chi connectivity index (χ0n) is 13.3. The van der Waals surface area contributed by atoms with Gasteiger partial charge in [-0.1, -0.05) is 31.5 Å². The number of aliphatic hydroxyl groups is 1. The SMILES string of the molecule is CCCC(O)CNC(=O)NCCc1c[nH]c2c(C)cccc12. The summed E-state index contributed by atoms with van der Waals surface area (Å²) in [4.78, 5) is 14.9. The molecule has 4 N–H and O–H groups in total. The van der Waals surface area contributed by atoms with E-state index in [1.165, 1.54) is 16.5 Å². The fourth-order valence-electron chi connectivity index (χ4n) is 2.59. The van der Waals surface area contributed by atoms with Crippen molar-refractivity contribution in [1.82, 2.24) is 15.6 Å². The van der Waals surface area contributed by atoms with Crippen molar-refractivity contribution in [2.24, 2.45) is 0 Å². The molecule has 0 fully saturated rings. The summed E-state index contributed by atoms with van der Waals surface area (Å²) in [6.07, 6.45) is 3.92. The van der Waals surface area contributed by atoms with Crippen LogP contribution in [0.2, 0.25) is 0 Å². The van der Waals surface area contributed by atoms with E-state index in [4.69, 9.17) is 0 Å². The van der Waals surface area contributed by atoms with Gasteiger partial charge in [0.15, 0.2) is 0 Å². The number of aliphatic hydroxyl groups excluding tert-OH is 1. The molecular formula is C17H25N3O2. The molecule has 1 atom stereocenters. The van der Waals surface area contributed by atoms with Crippen LogP contribution in [0.3, 0.4) is 0 Å². The van der Waals surface area contributed by atoms with E-state index in [9.17, 15) is 9.90 Å². The molecule has 2 aromatic rings. The van der Waals surface area contributed by atoms with Gasteiger partial charge in [0.25, 0.3) is 0 Å². The molecule has 1 aromatic heterocycles. The van der Waals surface area contributed by atoms with Gasteiger partial charge < -0.3 is 20.7 Å². The lowest BCUT2D eigenvalue weighted by Crippen LogP contribution is -2.40. The van der Waals surface area contributed by atoms with E-state index < -0.39 is 6.10 Å². The van der Waals surface area contributed by atoms with Gasteiger partial charge in [-0.3, -0.25) is 0 Å². The monoisotopic (exact) mass is 303 g/mol. The number of aromatic amines is 1. The number of H-pyrrole nitrogens is 1. The Morgan fingerprint density at radius 3 is 2.95 bits per heavy atom. The van der Waals surface area contributed by atoms with E-state index in [0.29, 0.717) is 19.5 Å². The fraction of sp³-hybridized carbons (Fsp3) is 0.471. The Bertz CT molecular complexity index is 621. The Kier molecular flexibility index (Phi) is 5.83. The Morgan fingerprint density at radius 2 is 2.18 bits per heavy atom. The fourth-order valence-corrected chi connectivity index (χ4v) is 2.59. The van der Waals surface area contributed by atoms with E-state index in [-0.39, 0.29) is 6.03 Å². The standard InChI is InChI=1S/C17H25N3O2/c1-3-5-14(21)11-20-17(22)18-9-8-13-10-19-16-12(2)6-4-7-15(13)16/h4,6-7,10,14,19,21H,3,5,8-9,11H2,1-2H3,(H2,18,20,22). The Hall–Kier alpha value is -2.01. The Morgan fingerprint density at radius 1 is 1.36 bits per heavy atom. The van der Waals surface area contributed by atoms with E-state index in [1.807, 2.05) is 19.2 Å². The minimum Gasteiger partial charge on any atom is -0.391 e. The van der Waals surface area contributed by atoms with Crippen LogP contribution in [0.1, 0.15) is 30.9 Å². The zero-order valence-corrected chi connectivity index (χ0v) is 13.3. The number of para-hydroxylation sites is 1. The summed E-state index contributed by atoms with van der Waals surface area (Å²) < 4.78 is 0. The highest BCUT2D eigenvalue weighted by Crippen LogP contribution is 2.21. The van der Waals surface area contributed by atoms with Gasteiger partial charge in [-0.25, -0.2) is 4.79 Å². The van der Waals surface area contributed by atoms with E-state index in [2.05, 4.69) is 34.7 Å².